The summed E-state index contributed by atoms with van der Waals surface area (Å²) in [7, 11) is 0. The summed E-state index contributed by atoms with van der Waals surface area (Å²) in [4.78, 5) is 9.67. The van der Waals surface area contributed by atoms with Crippen LogP contribution < -0.4 is 4.90 Å². The van der Waals surface area contributed by atoms with E-state index in [1.165, 1.54) is 5.56 Å². The molecule has 0 spiro atoms. The molecule has 1 fully saturated rings. The third-order valence-electron chi connectivity index (χ3n) is 5.75. The van der Waals surface area contributed by atoms with Crippen LogP contribution in [-0.2, 0) is 6.54 Å². The minimum atomic E-state index is 0.724. The molecule has 5 rings (SSSR count). The van der Waals surface area contributed by atoms with Crippen molar-refractivity contribution in [3.05, 3.63) is 82.1 Å². The molecule has 31 heavy (non-hydrogen) atoms. The van der Waals surface area contributed by atoms with E-state index in [0.717, 1.165) is 71.1 Å². The predicted molar refractivity (Wildman–Crippen MR) is 127 cm³/mol. The quantitative estimate of drug-likeness (QED) is 0.419. The predicted octanol–water partition coefficient (Wildman–Crippen LogP) is 5.33. The maximum atomic E-state index is 6.06. The molecule has 1 aliphatic rings. The summed E-state index contributed by atoms with van der Waals surface area (Å²) in [6.45, 7) is 6.87. The molecule has 4 aromatic rings. The van der Waals surface area contributed by atoms with Crippen molar-refractivity contribution >= 4 is 34.7 Å². The van der Waals surface area contributed by atoms with Crippen molar-refractivity contribution in [3.63, 3.8) is 0 Å². The second-order valence-electron chi connectivity index (χ2n) is 7.95. The van der Waals surface area contributed by atoms with E-state index in [0.29, 0.717) is 0 Å². The Hall–Kier alpha value is -2.60. The molecule has 0 atom stereocenters. The van der Waals surface area contributed by atoms with Gasteiger partial charge in [0.15, 0.2) is 5.65 Å². The van der Waals surface area contributed by atoms with E-state index in [1.807, 2.05) is 54.0 Å². The number of anilines is 1. The first-order valence-corrected chi connectivity index (χ1v) is 11.2. The van der Waals surface area contributed by atoms with Crippen molar-refractivity contribution < 1.29 is 0 Å². The summed E-state index contributed by atoms with van der Waals surface area (Å²) in [6.07, 6.45) is 1.89. The first kappa shape index (κ1) is 20.3. The lowest BCUT2D eigenvalue weighted by Crippen LogP contribution is -2.46. The van der Waals surface area contributed by atoms with E-state index in [2.05, 4.69) is 33.1 Å². The van der Waals surface area contributed by atoms with Crippen LogP contribution in [0.1, 0.15) is 11.3 Å². The maximum absolute atomic E-state index is 6.06. The molecule has 0 bridgehead atoms. The third kappa shape index (κ3) is 4.26. The number of benzene rings is 2. The van der Waals surface area contributed by atoms with Crippen molar-refractivity contribution in [3.8, 4) is 11.1 Å². The fourth-order valence-electron chi connectivity index (χ4n) is 4.11. The van der Waals surface area contributed by atoms with Crippen LogP contribution in [-0.4, -0.2) is 45.7 Å². The molecule has 0 unspecified atom stereocenters. The summed E-state index contributed by atoms with van der Waals surface area (Å²) < 4.78 is 1.96. The van der Waals surface area contributed by atoms with Gasteiger partial charge in [0.25, 0.3) is 0 Å². The zero-order valence-corrected chi connectivity index (χ0v) is 18.8. The molecule has 5 nitrogen and oxygen atoms in total. The Labute approximate surface area is 191 Å². The minimum Gasteiger partial charge on any atom is -0.354 e. The number of rotatable bonds is 4. The lowest BCUT2D eigenvalue weighted by molar-refractivity contribution is 0.249. The van der Waals surface area contributed by atoms with Gasteiger partial charge in [-0.15, -0.1) is 0 Å². The maximum Gasteiger partial charge on any atom is 0.165 e. The lowest BCUT2D eigenvalue weighted by Gasteiger charge is -2.36. The van der Waals surface area contributed by atoms with Crippen LogP contribution in [0.2, 0.25) is 10.0 Å². The zero-order chi connectivity index (χ0) is 21.4. The lowest BCUT2D eigenvalue weighted by atomic mass is 10.1. The molecular weight excluding hydrogens is 429 g/mol. The van der Waals surface area contributed by atoms with Crippen LogP contribution in [0.15, 0.2) is 60.8 Å². The average molecular weight is 452 g/mol. The van der Waals surface area contributed by atoms with Gasteiger partial charge in [0.05, 0.1) is 6.20 Å². The van der Waals surface area contributed by atoms with Gasteiger partial charge in [0.2, 0.25) is 0 Å². The molecule has 0 saturated carbocycles. The fourth-order valence-corrected chi connectivity index (χ4v) is 4.36. The van der Waals surface area contributed by atoms with Crippen LogP contribution in [0.5, 0.6) is 0 Å². The van der Waals surface area contributed by atoms with E-state index in [4.69, 9.17) is 28.2 Å². The molecule has 3 heterocycles. The number of aryl methyl sites for hydroxylation is 1. The Morgan fingerprint density at radius 3 is 2.19 bits per heavy atom. The Balaban J connectivity index is 1.37. The first-order chi connectivity index (χ1) is 15.1. The summed E-state index contributed by atoms with van der Waals surface area (Å²) >= 11 is 12.1. The molecule has 0 aliphatic carbocycles. The highest BCUT2D eigenvalue weighted by Crippen LogP contribution is 2.28. The van der Waals surface area contributed by atoms with Crippen molar-refractivity contribution in [1.29, 1.82) is 0 Å². The molecule has 0 radical (unpaired) electrons. The van der Waals surface area contributed by atoms with Crippen molar-refractivity contribution in [2.45, 2.75) is 13.5 Å². The Morgan fingerprint density at radius 1 is 0.871 bits per heavy atom. The monoisotopic (exact) mass is 451 g/mol. The molecule has 2 aromatic heterocycles. The van der Waals surface area contributed by atoms with Gasteiger partial charge in [-0.1, -0.05) is 47.5 Å². The first-order valence-electron chi connectivity index (χ1n) is 10.4. The summed E-state index contributed by atoms with van der Waals surface area (Å²) in [5, 5.41) is 6.19. The summed E-state index contributed by atoms with van der Waals surface area (Å²) in [5.74, 6) is 1.09. The SMILES string of the molecule is Cc1cc(N2CCN(Cc3ccc(Cl)cc3)CC2)n2ncc(-c3ccc(Cl)cc3)c2n1. The number of halogens is 2. The van der Waals surface area contributed by atoms with Crippen LogP contribution in [0.25, 0.3) is 16.8 Å². The molecule has 7 heteroatoms. The molecule has 1 aliphatic heterocycles. The average Bonchev–Trinajstić information content (AvgIpc) is 3.20. The number of piperazine rings is 1. The van der Waals surface area contributed by atoms with Gasteiger partial charge >= 0.3 is 0 Å². The normalized spacial score (nSPS) is 15.0. The summed E-state index contributed by atoms with van der Waals surface area (Å²) in [6, 6.07) is 18.1. The highest BCUT2D eigenvalue weighted by atomic mass is 35.5. The highest BCUT2D eigenvalue weighted by Gasteiger charge is 2.21. The smallest absolute Gasteiger partial charge is 0.165 e. The molecule has 0 amide bonds. The Morgan fingerprint density at radius 2 is 1.52 bits per heavy atom. The van der Waals surface area contributed by atoms with Gasteiger partial charge in [-0.05, 0) is 42.3 Å². The molecule has 158 valence electrons. The van der Waals surface area contributed by atoms with Crippen LogP contribution in [0.4, 0.5) is 5.82 Å². The second kappa shape index (κ2) is 8.50. The number of fused-ring (bicyclic) bond motifs is 1. The standard InChI is InChI=1S/C24H23Cl2N5/c1-17-14-23(30-12-10-29(11-13-30)16-18-2-6-20(25)7-3-18)31-24(28-17)22(15-27-31)19-4-8-21(26)9-5-19/h2-9,14-15H,10-13,16H2,1H3. The Bertz CT molecular complexity index is 1190. The molecule has 0 N–H and O–H groups in total. The second-order valence-corrected chi connectivity index (χ2v) is 8.82. The number of hydrogen-bond donors (Lipinski definition) is 0. The fraction of sp³-hybridized carbons (Fsp3) is 0.250. The number of hydrogen-bond acceptors (Lipinski definition) is 4. The van der Waals surface area contributed by atoms with E-state index in [1.54, 1.807) is 0 Å². The molecule has 2 aromatic carbocycles. The van der Waals surface area contributed by atoms with Gasteiger partial charge in [-0.25, -0.2) is 4.98 Å². The van der Waals surface area contributed by atoms with Crippen molar-refractivity contribution in [2.24, 2.45) is 0 Å². The van der Waals surface area contributed by atoms with E-state index >= 15 is 0 Å². The van der Waals surface area contributed by atoms with Crippen molar-refractivity contribution in [2.75, 3.05) is 31.1 Å². The van der Waals surface area contributed by atoms with Crippen LogP contribution in [0.3, 0.4) is 0 Å². The van der Waals surface area contributed by atoms with Gasteiger partial charge < -0.3 is 4.90 Å². The zero-order valence-electron chi connectivity index (χ0n) is 17.3. The van der Waals surface area contributed by atoms with E-state index < -0.39 is 0 Å². The highest BCUT2D eigenvalue weighted by molar-refractivity contribution is 6.30. The minimum absolute atomic E-state index is 0.724. The largest absolute Gasteiger partial charge is 0.354 e. The molecular formula is C24H23Cl2N5. The molecule has 1 saturated heterocycles. The van der Waals surface area contributed by atoms with Gasteiger partial charge in [-0.2, -0.15) is 9.61 Å². The van der Waals surface area contributed by atoms with Gasteiger partial charge in [0, 0.05) is 60.1 Å². The van der Waals surface area contributed by atoms with E-state index in [9.17, 15) is 0 Å². The van der Waals surface area contributed by atoms with E-state index in [-0.39, 0.29) is 0 Å². The van der Waals surface area contributed by atoms with Gasteiger partial charge in [0.1, 0.15) is 5.82 Å². The topological polar surface area (TPSA) is 36.7 Å². The Kier molecular flexibility index (Phi) is 5.57. The van der Waals surface area contributed by atoms with Crippen LogP contribution >= 0.6 is 23.2 Å². The third-order valence-corrected chi connectivity index (χ3v) is 6.26. The van der Waals surface area contributed by atoms with Crippen molar-refractivity contribution in [1.82, 2.24) is 19.5 Å². The van der Waals surface area contributed by atoms with Crippen LogP contribution in [0, 0.1) is 6.92 Å². The number of aromatic nitrogens is 3. The van der Waals surface area contributed by atoms with Gasteiger partial charge in [-0.3, -0.25) is 4.90 Å². The summed E-state index contributed by atoms with van der Waals surface area (Å²) in [5.41, 5.74) is 5.24. The number of nitrogens with zero attached hydrogens (tertiary/aromatic N) is 5.